The maximum Gasteiger partial charge on any atom is 0.104 e. The third kappa shape index (κ3) is 3.19. The molecule has 0 aliphatic rings. The van der Waals surface area contributed by atoms with Crippen molar-refractivity contribution in [3.63, 3.8) is 0 Å². The first kappa shape index (κ1) is 14.0. The molecule has 0 aromatic heterocycles. The molecule has 2 nitrogen and oxygen atoms in total. The average Bonchev–Trinajstić information content (AvgIpc) is 2.29. The minimum absolute atomic E-state index is 0.473. The normalized spacial score (nSPS) is 12.2. The van der Waals surface area contributed by atoms with Crippen LogP contribution >= 0.6 is 12.2 Å². The van der Waals surface area contributed by atoms with E-state index in [2.05, 4.69) is 44.7 Å². The zero-order valence-electron chi connectivity index (χ0n) is 11.2. The second-order valence-electron chi connectivity index (χ2n) is 4.41. The van der Waals surface area contributed by atoms with Gasteiger partial charge in [0.15, 0.2) is 0 Å². The molecular formula is C14H22N2S. The van der Waals surface area contributed by atoms with Crippen LogP contribution in [0.25, 0.3) is 0 Å². The number of rotatable bonds is 5. The number of hydrogen-bond acceptors (Lipinski definition) is 2. The van der Waals surface area contributed by atoms with Crippen LogP contribution in [0.3, 0.4) is 0 Å². The lowest BCUT2D eigenvalue weighted by Gasteiger charge is -2.30. The third-order valence-corrected chi connectivity index (χ3v) is 3.49. The molecule has 1 unspecified atom stereocenters. The van der Waals surface area contributed by atoms with Crippen LogP contribution in [-0.2, 0) is 0 Å². The lowest BCUT2D eigenvalue weighted by Crippen LogP contribution is -2.32. The molecule has 0 heterocycles. The zero-order chi connectivity index (χ0) is 13.0. The smallest absolute Gasteiger partial charge is 0.104 e. The SMILES string of the molecule is CCC(C)N(CC)c1ccc(C(N)=S)c(C)c1. The quantitative estimate of drug-likeness (QED) is 0.813. The molecule has 0 spiro atoms. The summed E-state index contributed by atoms with van der Waals surface area (Å²) in [5, 5.41) is 0. The highest BCUT2D eigenvalue weighted by Gasteiger charge is 2.12. The van der Waals surface area contributed by atoms with Crippen molar-refractivity contribution in [2.45, 2.75) is 40.2 Å². The fraction of sp³-hybridized carbons (Fsp3) is 0.500. The van der Waals surface area contributed by atoms with E-state index in [1.807, 2.05) is 6.07 Å². The van der Waals surface area contributed by atoms with Crippen molar-refractivity contribution in [1.82, 2.24) is 0 Å². The van der Waals surface area contributed by atoms with Crippen LogP contribution in [-0.4, -0.2) is 17.6 Å². The van der Waals surface area contributed by atoms with Gasteiger partial charge in [0.1, 0.15) is 4.99 Å². The number of aryl methyl sites for hydroxylation is 1. The molecule has 2 N–H and O–H groups in total. The highest BCUT2D eigenvalue weighted by Crippen LogP contribution is 2.22. The van der Waals surface area contributed by atoms with E-state index < -0.39 is 0 Å². The summed E-state index contributed by atoms with van der Waals surface area (Å²) in [6.45, 7) is 9.72. The standard InChI is InChI=1S/C14H22N2S/c1-5-11(4)16(6-2)12-7-8-13(14(15)17)10(3)9-12/h7-9,11H,5-6H2,1-4H3,(H2,15,17). The summed E-state index contributed by atoms with van der Waals surface area (Å²) in [5.74, 6) is 0. The Hall–Kier alpha value is -1.09. The van der Waals surface area contributed by atoms with Crippen LogP contribution < -0.4 is 10.6 Å². The second kappa shape index (κ2) is 6.01. The first-order valence-electron chi connectivity index (χ1n) is 6.18. The molecule has 0 aliphatic carbocycles. The van der Waals surface area contributed by atoms with Crippen molar-refractivity contribution < 1.29 is 0 Å². The van der Waals surface area contributed by atoms with Crippen LogP contribution in [0.15, 0.2) is 18.2 Å². The molecule has 0 bridgehead atoms. The fourth-order valence-corrected chi connectivity index (χ4v) is 2.30. The monoisotopic (exact) mass is 250 g/mol. The summed E-state index contributed by atoms with van der Waals surface area (Å²) in [6.07, 6.45) is 1.14. The molecule has 94 valence electrons. The summed E-state index contributed by atoms with van der Waals surface area (Å²) in [4.78, 5) is 2.87. The third-order valence-electron chi connectivity index (χ3n) is 3.27. The molecule has 0 amide bonds. The van der Waals surface area contributed by atoms with E-state index in [1.54, 1.807) is 0 Å². The second-order valence-corrected chi connectivity index (χ2v) is 4.85. The Bertz CT molecular complexity index is 401. The molecule has 1 aromatic rings. The Morgan fingerprint density at radius 1 is 1.41 bits per heavy atom. The minimum atomic E-state index is 0.473. The Morgan fingerprint density at radius 2 is 2.06 bits per heavy atom. The highest BCUT2D eigenvalue weighted by atomic mass is 32.1. The maximum absolute atomic E-state index is 5.68. The molecule has 17 heavy (non-hydrogen) atoms. The molecule has 1 rings (SSSR count). The molecule has 0 saturated heterocycles. The van der Waals surface area contributed by atoms with Gasteiger partial charge in [0.25, 0.3) is 0 Å². The lowest BCUT2D eigenvalue weighted by atomic mass is 10.1. The Morgan fingerprint density at radius 3 is 2.47 bits per heavy atom. The molecule has 0 radical (unpaired) electrons. The number of nitrogens with zero attached hydrogens (tertiary/aromatic N) is 1. The molecule has 0 aliphatic heterocycles. The maximum atomic E-state index is 5.68. The van der Waals surface area contributed by atoms with Crippen molar-refractivity contribution in [1.29, 1.82) is 0 Å². The van der Waals surface area contributed by atoms with Gasteiger partial charge in [0, 0.05) is 23.8 Å². The van der Waals surface area contributed by atoms with Gasteiger partial charge in [-0.3, -0.25) is 0 Å². The van der Waals surface area contributed by atoms with Gasteiger partial charge in [-0.25, -0.2) is 0 Å². The first-order chi connectivity index (χ1) is 8.01. The lowest BCUT2D eigenvalue weighted by molar-refractivity contribution is 0.630. The van der Waals surface area contributed by atoms with Crippen molar-refractivity contribution >= 4 is 22.9 Å². The van der Waals surface area contributed by atoms with E-state index in [4.69, 9.17) is 18.0 Å². The number of hydrogen-bond donors (Lipinski definition) is 1. The molecule has 3 heteroatoms. The van der Waals surface area contributed by atoms with Crippen molar-refractivity contribution in [2.24, 2.45) is 5.73 Å². The van der Waals surface area contributed by atoms with Gasteiger partial charge in [-0.15, -0.1) is 0 Å². The molecule has 1 aromatic carbocycles. The first-order valence-corrected chi connectivity index (χ1v) is 6.59. The molecule has 1 atom stereocenters. The molecular weight excluding hydrogens is 228 g/mol. The number of benzene rings is 1. The highest BCUT2D eigenvalue weighted by molar-refractivity contribution is 7.80. The predicted molar refractivity (Wildman–Crippen MR) is 79.8 cm³/mol. The van der Waals surface area contributed by atoms with Gasteiger partial charge >= 0.3 is 0 Å². The van der Waals surface area contributed by atoms with Gasteiger partial charge in [-0.2, -0.15) is 0 Å². The minimum Gasteiger partial charge on any atom is -0.389 e. The van der Waals surface area contributed by atoms with E-state index in [0.29, 0.717) is 11.0 Å². The number of nitrogens with two attached hydrogens (primary N) is 1. The summed E-state index contributed by atoms with van der Waals surface area (Å²) >= 11 is 5.03. The van der Waals surface area contributed by atoms with E-state index in [0.717, 1.165) is 24.1 Å². The van der Waals surface area contributed by atoms with Gasteiger partial charge in [0.2, 0.25) is 0 Å². The van der Waals surface area contributed by atoms with E-state index in [9.17, 15) is 0 Å². The topological polar surface area (TPSA) is 29.3 Å². The zero-order valence-corrected chi connectivity index (χ0v) is 12.0. The van der Waals surface area contributed by atoms with Gasteiger partial charge in [0.05, 0.1) is 0 Å². The van der Waals surface area contributed by atoms with Crippen LogP contribution in [0.5, 0.6) is 0 Å². The Kier molecular flexibility index (Phi) is 4.94. The fourth-order valence-electron chi connectivity index (χ4n) is 2.07. The molecule has 0 fully saturated rings. The van der Waals surface area contributed by atoms with Crippen molar-refractivity contribution in [3.8, 4) is 0 Å². The largest absolute Gasteiger partial charge is 0.389 e. The Balaban J connectivity index is 3.07. The van der Waals surface area contributed by atoms with Crippen molar-refractivity contribution in [3.05, 3.63) is 29.3 Å². The van der Waals surface area contributed by atoms with Crippen LogP contribution in [0, 0.1) is 6.92 Å². The van der Waals surface area contributed by atoms with Gasteiger partial charge < -0.3 is 10.6 Å². The van der Waals surface area contributed by atoms with Crippen LogP contribution in [0.1, 0.15) is 38.3 Å². The van der Waals surface area contributed by atoms with Gasteiger partial charge in [-0.1, -0.05) is 19.1 Å². The summed E-state index contributed by atoms with van der Waals surface area (Å²) in [5.41, 5.74) is 9.05. The number of anilines is 1. The summed E-state index contributed by atoms with van der Waals surface area (Å²) < 4.78 is 0. The number of thiocarbonyl (C=S) groups is 1. The van der Waals surface area contributed by atoms with E-state index >= 15 is 0 Å². The van der Waals surface area contributed by atoms with Crippen LogP contribution in [0.2, 0.25) is 0 Å². The van der Waals surface area contributed by atoms with E-state index in [1.165, 1.54) is 5.69 Å². The van der Waals surface area contributed by atoms with Gasteiger partial charge in [-0.05, 0) is 51.0 Å². The molecule has 0 saturated carbocycles. The van der Waals surface area contributed by atoms with Crippen LogP contribution in [0.4, 0.5) is 5.69 Å². The summed E-state index contributed by atoms with van der Waals surface area (Å²) in [6, 6.07) is 6.86. The average molecular weight is 250 g/mol. The summed E-state index contributed by atoms with van der Waals surface area (Å²) in [7, 11) is 0. The predicted octanol–water partition coefficient (Wildman–Crippen LogP) is 3.25. The van der Waals surface area contributed by atoms with Crippen molar-refractivity contribution in [2.75, 3.05) is 11.4 Å². The van der Waals surface area contributed by atoms with E-state index in [-0.39, 0.29) is 0 Å². The Labute approximate surface area is 110 Å².